The fourth-order valence-corrected chi connectivity index (χ4v) is 0. The van der Waals surface area contributed by atoms with E-state index in [1.54, 1.807) is 0 Å². The monoisotopic (exact) mass is 846 g/mol. The van der Waals surface area contributed by atoms with Crippen LogP contribution in [0.15, 0.2) is 0 Å². The van der Waals surface area contributed by atoms with Crippen LogP contribution in [0.25, 0.3) is 0 Å². The summed E-state index contributed by atoms with van der Waals surface area (Å²) in [5, 5.41) is 88.5. The van der Waals surface area contributed by atoms with E-state index in [0.29, 0.717) is 0 Å². The summed E-state index contributed by atoms with van der Waals surface area (Å²) in [5.41, 5.74) is 0. The van der Waals surface area contributed by atoms with E-state index in [1.807, 2.05) is 0 Å². The number of rotatable bonds is 0. The summed E-state index contributed by atoms with van der Waals surface area (Å²) in [4.78, 5) is 49.5. The Hall–Kier alpha value is -4.25. The minimum atomic E-state index is -1.75. The van der Waals surface area contributed by atoms with Crippen molar-refractivity contribution in [1.29, 1.82) is 0 Å². The minimum Gasteiger partial charge on any atom is -0.457 e. The first kappa shape index (κ1) is 316. The van der Waals surface area contributed by atoms with Crippen LogP contribution in [-0.2, 0) is 65.7 Å². The zero-order valence-electron chi connectivity index (χ0n) is 21.1. The zero-order chi connectivity index (χ0) is 21.5. The summed E-state index contributed by atoms with van der Waals surface area (Å²) in [7, 11) is 0. The molecule has 0 saturated carbocycles. The van der Waals surface area contributed by atoms with Crippen molar-refractivity contribution < 1.29 is 129 Å². The molecule has 0 aromatic rings. The first-order chi connectivity index (χ1) is 10.4. The van der Waals surface area contributed by atoms with Crippen molar-refractivity contribution in [1.82, 2.24) is 0 Å². The molecule has 0 aromatic carbocycles. The van der Waals surface area contributed by atoms with Gasteiger partial charge in [0.2, 0.25) is 0 Å². The van der Waals surface area contributed by atoms with Gasteiger partial charge in [0.1, 0.15) is 0 Å². The van der Waals surface area contributed by atoms with Crippen LogP contribution in [-0.4, -0.2) is 103 Å². The van der Waals surface area contributed by atoms with E-state index in [1.165, 1.54) is 0 Å². The van der Waals surface area contributed by atoms with Gasteiger partial charge in [0, 0.05) is 0 Å². The molecule has 0 aliphatic heterocycles. The SMILES string of the molecule is O.O.O.O.O.O.O=[N+]([O-])[O-].O=[N+]([O-])[O-].O=[N+]([O-])[O-].O=[N+]([O-])[O-].O=[N+]([O-])[O-].O=[N+]([O-])[O-].[Ga+3].[Ga+3].[OH3+].[OH3+].[OH3+].[OH3+].[OH3+].[OH3+].[OH3+].[OH3+].[OH3+].[OH3+].[OH3+].[OH3+]. The molecule has 0 atom stereocenters. The fourth-order valence-electron chi connectivity index (χ4n) is 0. The summed E-state index contributed by atoms with van der Waals surface area (Å²) in [6.45, 7) is 0. The first-order valence-corrected chi connectivity index (χ1v) is 3.29. The molecule has 0 aliphatic carbocycles. The van der Waals surface area contributed by atoms with Gasteiger partial charge in [0.15, 0.2) is 0 Å². The number of nitrogens with zero attached hydrogens (tertiary/aromatic N) is 6. The smallest absolute Gasteiger partial charge is 0.457 e. The summed E-state index contributed by atoms with van der Waals surface area (Å²) in [5.74, 6) is 0. The van der Waals surface area contributed by atoms with Gasteiger partial charge in [0.25, 0.3) is 0 Å². The molecular weight excluding hydrogens is 799 g/mol. The van der Waals surface area contributed by atoms with Crippen LogP contribution >= 0.6 is 0 Å². The molecule has 44 heavy (non-hydrogen) atoms. The fraction of sp³-hybridized carbons (Fsp3) is 0. The second kappa shape index (κ2) is 292. The van der Waals surface area contributed by atoms with Gasteiger partial charge in [-0.25, -0.2) is 0 Å². The standard InChI is InChI=1S/2Ga.6NO3.18H2O/c;;6*2-1(3)4;;;;;;;;;;;;;;;;;;/h;;;;;;;;18*1H2/q2*+3;6*-1;;;;;;;;;;;;;;;;;;/p+12. The van der Waals surface area contributed by atoms with E-state index in [0.717, 1.165) is 0 Å². The summed E-state index contributed by atoms with van der Waals surface area (Å²) >= 11 is 0. The number of hydrogen-bond donors (Lipinski definition) is 0. The molecule has 0 unspecified atom stereocenters. The second-order valence-corrected chi connectivity index (χ2v) is 1.34. The van der Waals surface area contributed by atoms with Crippen molar-refractivity contribution >= 4 is 39.6 Å². The molecule has 0 aromatic heterocycles. The second-order valence-electron chi connectivity index (χ2n) is 1.34. The molecule has 0 fully saturated rings. The van der Waals surface area contributed by atoms with E-state index in [-0.39, 0.29) is 138 Å². The average Bonchev–Trinajstić information content (AvgIpc) is 2.08. The third-order valence-electron chi connectivity index (χ3n) is 0. The van der Waals surface area contributed by atoms with Crippen LogP contribution in [0.2, 0.25) is 0 Å². The number of hydrogen-bond acceptors (Lipinski definition) is 18. The Labute approximate surface area is 261 Å². The van der Waals surface area contributed by atoms with Crippen LogP contribution in [0.1, 0.15) is 0 Å². The summed E-state index contributed by atoms with van der Waals surface area (Å²) < 4.78 is 0. The van der Waals surface area contributed by atoms with E-state index in [4.69, 9.17) is 91.9 Å². The zero-order valence-corrected chi connectivity index (χ0v) is 26.0. The van der Waals surface area contributed by atoms with Gasteiger partial charge >= 0.3 is 39.6 Å². The Morgan fingerprint density at radius 3 is 0.205 bits per heavy atom. The third-order valence-corrected chi connectivity index (χ3v) is 0. The first-order valence-electron chi connectivity index (χ1n) is 3.29. The Balaban J connectivity index is -0.00000000337. The van der Waals surface area contributed by atoms with Crippen molar-refractivity contribution in [3.63, 3.8) is 0 Å². The molecule has 0 spiro atoms. The van der Waals surface area contributed by atoms with Gasteiger partial charge in [-0.1, -0.05) is 0 Å². The van der Waals surface area contributed by atoms with Crippen LogP contribution in [0, 0.1) is 91.9 Å². The van der Waals surface area contributed by atoms with E-state index < -0.39 is 30.5 Å². The van der Waals surface area contributed by atoms with Crippen molar-refractivity contribution in [2.45, 2.75) is 0 Å². The van der Waals surface area contributed by atoms with Crippen LogP contribution in [0.5, 0.6) is 0 Å². The van der Waals surface area contributed by atoms with E-state index >= 15 is 0 Å². The Kier molecular flexibility index (Phi) is 2090. The Morgan fingerprint density at radius 1 is 0.205 bits per heavy atom. The predicted octanol–water partition coefficient (Wildman–Crippen LogP) is -18.2. The molecule has 0 saturated heterocycles. The van der Waals surface area contributed by atoms with Crippen molar-refractivity contribution in [3.05, 3.63) is 91.9 Å². The quantitative estimate of drug-likeness (QED) is 0.0945. The molecule has 0 bridgehead atoms. The van der Waals surface area contributed by atoms with Gasteiger partial charge in [-0.15, -0.1) is 0 Å². The van der Waals surface area contributed by atoms with Gasteiger partial charge in [-0.05, 0) is 0 Å². The normalized spacial score (nSPS) is 3.27. The molecule has 42 nitrogen and oxygen atoms in total. The topological polar surface area (TPSA) is 982 Å². The molecule has 48 N–H and O–H groups in total. The maximum atomic E-state index is 8.25. The molecule has 0 rings (SSSR count). The van der Waals surface area contributed by atoms with Crippen molar-refractivity contribution in [3.8, 4) is 0 Å². The third kappa shape index (κ3) is 2830. The molecular formula is H48Ga2N6O36+12. The summed E-state index contributed by atoms with van der Waals surface area (Å²) in [6, 6.07) is 0. The molecule has 288 valence electrons. The maximum Gasteiger partial charge on any atom is 3.00 e. The Morgan fingerprint density at radius 2 is 0.205 bits per heavy atom. The van der Waals surface area contributed by atoms with Gasteiger partial charge < -0.3 is 191 Å². The van der Waals surface area contributed by atoms with Crippen LogP contribution in [0.3, 0.4) is 0 Å². The van der Waals surface area contributed by atoms with Crippen molar-refractivity contribution in [2.24, 2.45) is 0 Å². The van der Waals surface area contributed by atoms with Crippen molar-refractivity contribution in [2.75, 3.05) is 0 Å². The largest absolute Gasteiger partial charge is 3.00 e. The molecule has 0 amide bonds. The molecule has 0 aliphatic rings. The Bertz CT molecular complexity index is 268. The summed E-state index contributed by atoms with van der Waals surface area (Å²) in [6.07, 6.45) is 0. The maximum absolute atomic E-state index is 8.25. The van der Waals surface area contributed by atoms with E-state index in [9.17, 15) is 0 Å². The molecule has 44 heteroatoms. The van der Waals surface area contributed by atoms with E-state index in [2.05, 4.69) is 0 Å². The minimum absolute atomic E-state index is 0. The predicted molar refractivity (Wildman–Crippen MR) is 154 cm³/mol. The van der Waals surface area contributed by atoms with Gasteiger partial charge in [-0.3, -0.25) is 0 Å². The molecule has 0 radical (unpaired) electrons. The van der Waals surface area contributed by atoms with Crippen LogP contribution in [0.4, 0.5) is 0 Å². The van der Waals surface area contributed by atoms with Gasteiger partial charge in [0.05, 0.1) is 30.5 Å². The average molecular weight is 848 g/mol. The van der Waals surface area contributed by atoms with Gasteiger partial charge in [-0.2, -0.15) is 0 Å². The molecule has 0 heterocycles. The van der Waals surface area contributed by atoms with Crippen LogP contribution < -0.4 is 0 Å².